The van der Waals surface area contributed by atoms with Gasteiger partial charge in [0, 0.05) is 5.56 Å². The van der Waals surface area contributed by atoms with Crippen molar-refractivity contribution in [3.05, 3.63) is 71.1 Å². The first-order valence-electron chi connectivity index (χ1n) is 7.95. The van der Waals surface area contributed by atoms with Crippen LogP contribution in [0.15, 0.2) is 57.8 Å². The molecular formula is C19H20N2O3S. The van der Waals surface area contributed by atoms with E-state index in [4.69, 9.17) is 4.42 Å². The van der Waals surface area contributed by atoms with Crippen molar-refractivity contribution in [3.8, 4) is 11.5 Å². The maximum absolute atomic E-state index is 12.5. The van der Waals surface area contributed by atoms with Gasteiger partial charge >= 0.3 is 0 Å². The van der Waals surface area contributed by atoms with Gasteiger partial charge in [-0.15, -0.1) is 0 Å². The minimum Gasteiger partial charge on any atom is -0.441 e. The van der Waals surface area contributed by atoms with Crippen LogP contribution in [-0.4, -0.2) is 13.4 Å². The molecule has 0 saturated carbocycles. The number of aryl methyl sites for hydroxylation is 3. The highest BCUT2D eigenvalue weighted by Gasteiger charge is 2.17. The fourth-order valence-electron chi connectivity index (χ4n) is 2.42. The minimum absolute atomic E-state index is 0.0808. The molecule has 130 valence electrons. The molecule has 0 aliphatic heterocycles. The van der Waals surface area contributed by atoms with Crippen LogP contribution in [0.5, 0.6) is 0 Å². The smallest absolute Gasteiger partial charge is 0.240 e. The fraction of sp³-hybridized carbons (Fsp3) is 0.211. The van der Waals surface area contributed by atoms with E-state index in [1.54, 1.807) is 25.1 Å². The van der Waals surface area contributed by atoms with Crippen LogP contribution < -0.4 is 4.72 Å². The molecule has 0 saturated heterocycles. The molecule has 0 spiro atoms. The first-order valence-corrected chi connectivity index (χ1v) is 9.44. The number of oxazole rings is 1. The number of rotatable bonds is 5. The third-order valence-corrected chi connectivity index (χ3v) is 5.53. The Morgan fingerprint density at radius 2 is 1.72 bits per heavy atom. The second-order valence-electron chi connectivity index (χ2n) is 5.96. The zero-order chi connectivity index (χ0) is 18.0. The first-order chi connectivity index (χ1) is 11.9. The van der Waals surface area contributed by atoms with Crippen molar-refractivity contribution < 1.29 is 12.8 Å². The van der Waals surface area contributed by atoms with E-state index in [9.17, 15) is 8.42 Å². The highest BCUT2D eigenvalue weighted by atomic mass is 32.2. The molecule has 0 atom stereocenters. The number of nitrogens with one attached hydrogen (secondary N) is 1. The summed E-state index contributed by atoms with van der Waals surface area (Å²) in [5.74, 6) is 1.08. The second-order valence-corrected chi connectivity index (χ2v) is 7.73. The van der Waals surface area contributed by atoms with Crippen molar-refractivity contribution in [3.63, 3.8) is 0 Å². The molecule has 1 N–H and O–H groups in total. The van der Waals surface area contributed by atoms with E-state index in [0.29, 0.717) is 17.3 Å². The quantitative estimate of drug-likeness (QED) is 0.756. The molecule has 0 aliphatic carbocycles. The van der Waals surface area contributed by atoms with Crippen LogP contribution in [0.1, 0.15) is 22.6 Å². The summed E-state index contributed by atoms with van der Waals surface area (Å²) in [5, 5.41) is 0. The van der Waals surface area contributed by atoms with Crippen LogP contribution in [-0.2, 0) is 16.6 Å². The monoisotopic (exact) mass is 356 g/mol. The first kappa shape index (κ1) is 17.4. The van der Waals surface area contributed by atoms with Crippen molar-refractivity contribution in [1.29, 1.82) is 0 Å². The van der Waals surface area contributed by atoms with Crippen LogP contribution in [0.25, 0.3) is 11.5 Å². The summed E-state index contributed by atoms with van der Waals surface area (Å²) in [7, 11) is -3.60. The summed E-state index contributed by atoms with van der Waals surface area (Å²) in [4.78, 5) is 4.66. The SMILES string of the molecule is Cc1ccc(S(=O)(=O)NCc2nc(-c3ccccc3)oc2C)cc1C. The van der Waals surface area contributed by atoms with Crippen molar-refractivity contribution >= 4 is 10.0 Å². The summed E-state index contributed by atoms with van der Waals surface area (Å²) in [6, 6.07) is 14.6. The summed E-state index contributed by atoms with van der Waals surface area (Å²) in [6.07, 6.45) is 0. The lowest BCUT2D eigenvalue weighted by atomic mass is 10.1. The van der Waals surface area contributed by atoms with Gasteiger partial charge in [0.2, 0.25) is 15.9 Å². The molecule has 0 unspecified atom stereocenters. The number of hydrogen-bond donors (Lipinski definition) is 1. The third kappa shape index (κ3) is 3.81. The van der Waals surface area contributed by atoms with Crippen molar-refractivity contribution in [2.75, 3.05) is 0 Å². The second kappa shape index (κ2) is 6.82. The van der Waals surface area contributed by atoms with E-state index in [1.807, 2.05) is 44.2 Å². The summed E-state index contributed by atoms with van der Waals surface area (Å²) >= 11 is 0. The summed E-state index contributed by atoms with van der Waals surface area (Å²) < 4.78 is 33.2. The zero-order valence-corrected chi connectivity index (χ0v) is 15.2. The van der Waals surface area contributed by atoms with Crippen LogP contribution >= 0.6 is 0 Å². The summed E-state index contributed by atoms with van der Waals surface area (Å²) in [6.45, 7) is 5.70. The van der Waals surface area contributed by atoms with Crippen molar-refractivity contribution in [2.45, 2.75) is 32.2 Å². The van der Waals surface area contributed by atoms with E-state index >= 15 is 0 Å². The normalized spacial score (nSPS) is 11.6. The Balaban J connectivity index is 1.79. The molecule has 0 fully saturated rings. The predicted octanol–water partition coefficient (Wildman–Crippen LogP) is 3.75. The molecule has 2 aromatic carbocycles. The van der Waals surface area contributed by atoms with Gasteiger partial charge < -0.3 is 4.42 Å². The number of aromatic nitrogens is 1. The number of hydrogen-bond acceptors (Lipinski definition) is 4. The number of sulfonamides is 1. The standard InChI is InChI=1S/C19H20N2O3S/c1-13-9-10-17(11-14(13)2)25(22,23)20-12-18-15(3)24-19(21-18)16-7-5-4-6-8-16/h4-11,20H,12H2,1-3H3. The van der Waals surface area contributed by atoms with E-state index in [-0.39, 0.29) is 11.4 Å². The topological polar surface area (TPSA) is 72.2 Å². The lowest BCUT2D eigenvalue weighted by Gasteiger charge is -2.08. The van der Waals surface area contributed by atoms with Crippen LogP contribution in [0.4, 0.5) is 0 Å². The average molecular weight is 356 g/mol. The Hall–Kier alpha value is -2.44. The molecular weight excluding hydrogens is 336 g/mol. The maximum Gasteiger partial charge on any atom is 0.240 e. The van der Waals surface area contributed by atoms with Gasteiger partial charge in [-0.05, 0) is 56.2 Å². The van der Waals surface area contributed by atoms with Crippen LogP contribution in [0.3, 0.4) is 0 Å². The number of nitrogens with zero attached hydrogens (tertiary/aromatic N) is 1. The molecule has 0 bridgehead atoms. The largest absolute Gasteiger partial charge is 0.441 e. The van der Waals surface area contributed by atoms with E-state index < -0.39 is 10.0 Å². The Morgan fingerprint density at radius 1 is 1.00 bits per heavy atom. The highest BCUT2D eigenvalue weighted by Crippen LogP contribution is 2.22. The Morgan fingerprint density at radius 3 is 2.40 bits per heavy atom. The lowest BCUT2D eigenvalue weighted by Crippen LogP contribution is -2.23. The molecule has 0 aliphatic rings. The number of benzene rings is 2. The van der Waals surface area contributed by atoms with Crippen LogP contribution in [0.2, 0.25) is 0 Å². The van der Waals surface area contributed by atoms with Gasteiger partial charge in [-0.1, -0.05) is 24.3 Å². The fourth-order valence-corrected chi connectivity index (χ4v) is 3.50. The lowest BCUT2D eigenvalue weighted by molar-refractivity contribution is 0.538. The Labute approximate surface area is 147 Å². The van der Waals surface area contributed by atoms with Gasteiger partial charge in [-0.2, -0.15) is 0 Å². The molecule has 0 amide bonds. The highest BCUT2D eigenvalue weighted by molar-refractivity contribution is 7.89. The van der Waals surface area contributed by atoms with Gasteiger partial charge in [0.25, 0.3) is 0 Å². The van der Waals surface area contributed by atoms with Crippen molar-refractivity contribution in [1.82, 2.24) is 9.71 Å². The molecule has 3 aromatic rings. The van der Waals surface area contributed by atoms with Gasteiger partial charge in [-0.3, -0.25) is 0 Å². The maximum atomic E-state index is 12.5. The molecule has 25 heavy (non-hydrogen) atoms. The van der Waals surface area contributed by atoms with E-state index in [2.05, 4.69) is 9.71 Å². The van der Waals surface area contributed by atoms with Gasteiger partial charge in [0.1, 0.15) is 5.76 Å². The Kier molecular flexibility index (Phi) is 4.74. The van der Waals surface area contributed by atoms with Gasteiger partial charge in [0.05, 0.1) is 17.1 Å². The molecule has 5 nitrogen and oxygen atoms in total. The molecule has 0 radical (unpaired) electrons. The molecule has 1 heterocycles. The molecule has 1 aromatic heterocycles. The average Bonchev–Trinajstić information content (AvgIpc) is 2.97. The van der Waals surface area contributed by atoms with Gasteiger partial charge in [-0.25, -0.2) is 18.1 Å². The molecule has 3 rings (SSSR count). The Bertz CT molecular complexity index is 993. The van der Waals surface area contributed by atoms with E-state index in [0.717, 1.165) is 16.7 Å². The third-order valence-electron chi connectivity index (χ3n) is 4.13. The predicted molar refractivity (Wildman–Crippen MR) is 96.6 cm³/mol. The minimum atomic E-state index is -3.60. The van der Waals surface area contributed by atoms with E-state index in [1.165, 1.54) is 0 Å². The van der Waals surface area contributed by atoms with Crippen LogP contribution in [0, 0.1) is 20.8 Å². The summed E-state index contributed by atoms with van der Waals surface area (Å²) in [5.41, 5.74) is 3.42. The van der Waals surface area contributed by atoms with Gasteiger partial charge in [0.15, 0.2) is 0 Å². The molecule has 6 heteroatoms. The zero-order valence-electron chi connectivity index (χ0n) is 14.4. The van der Waals surface area contributed by atoms with Crippen molar-refractivity contribution in [2.24, 2.45) is 0 Å².